The van der Waals surface area contributed by atoms with E-state index in [9.17, 15) is 4.79 Å². The average molecular weight is 406 g/mol. The molecule has 0 bridgehead atoms. The second-order valence-corrected chi connectivity index (χ2v) is 5.99. The number of halogens is 3. The maximum Gasteiger partial charge on any atom is 0.336 e. The van der Waals surface area contributed by atoms with E-state index in [2.05, 4.69) is 15.9 Å². The van der Waals surface area contributed by atoms with E-state index >= 15 is 0 Å². The van der Waals surface area contributed by atoms with Gasteiger partial charge in [-0.15, -0.1) is 0 Å². The van der Waals surface area contributed by atoms with E-state index < -0.39 is 5.97 Å². The number of hydrogen-bond donors (Lipinski definition) is 1. The SMILES string of the molecule is COc1cc(C(=O)O)c(Br)cc1OCc1ccc(Cl)c(Cl)c1. The fourth-order valence-corrected chi connectivity index (χ4v) is 2.57. The van der Waals surface area contributed by atoms with E-state index in [1.54, 1.807) is 24.3 Å². The fraction of sp³-hybridized carbons (Fsp3) is 0.133. The van der Waals surface area contributed by atoms with Gasteiger partial charge in [0, 0.05) is 4.47 Å². The first kappa shape index (κ1) is 16.9. The molecule has 7 heteroatoms. The van der Waals surface area contributed by atoms with Gasteiger partial charge >= 0.3 is 5.97 Å². The molecule has 0 aliphatic rings. The minimum atomic E-state index is -1.05. The van der Waals surface area contributed by atoms with E-state index in [1.165, 1.54) is 13.2 Å². The predicted octanol–water partition coefficient (Wildman–Crippen LogP) is 5.04. The number of carboxylic acids is 1. The molecule has 0 saturated heterocycles. The number of hydrogen-bond acceptors (Lipinski definition) is 3. The molecule has 116 valence electrons. The topological polar surface area (TPSA) is 55.8 Å². The van der Waals surface area contributed by atoms with Gasteiger partial charge in [-0.1, -0.05) is 29.3 Å². The van der Waals surface area contributed by atoms with Crippen molar-refractivity contribution in [1.82, 2.24) is 0 Å². The van der Waals surface area contributed by atoms with Gasteiger partial charge < -0.3 is 14.6 Å². The van der Waals surface area contributed by atoms with Gasteiger partial charge in [0.1, 0.15) is 6.61 Å². The first-order valence-electron chi connectivity index (χ1n) is 6.10. The van der Waals surface area contributed by atoms with Gasteiger partial charge in [0.15, 0.2) is 11.5 Å². The molecule has 2 aromatic carbocycles. The van der Waals surface area contributed by atoms with Crippen LogP contribution in [0.2, 0.25) is 10.0 Å². The molecule has 2 aromatic rings. The van der Waals surface area contributed by atoms with Gasteiger partial charge in [0.25, 0.3) is 0 Å². The fourth-order valence-electron chi connectivity index (χ4n) is 1.76. The molecule has 2 rings (SSSR count). The summed E-state index contributed by atoms with van der Waals surface area (Å²) in [4.78, 5) is 11.1. The maximum absolute atomic E-state index is 11.1. The third kappa shape index (κ3) is 3.85. The highest BCUT2D eigenvalue weighted by Gasteiger charge is 2.15. The van der Waals surface area contributed by atoms with Crippen LogP contribution in [0.5, 0.6) is 11.5 Å². The van der Waals surface area contributed by atoms with Crippen molar-refractivity contribution in [2.45, 2.75) is 6.61 Å². The number of carboxylic acid groups (broad SMARTS) is 1. The van der Waals surface area contributed by atoms with E-state index in [-0.39, 0.29) is 12.2 Å². The van der Waals surface area contributed by atoms with Gasteiger partial charge in [-0.05, 0) is 45.8 Å². The molecule has 0 aliphatic carbocycles. The van der Waals surface area contributed by atoms with Crippen molar-refractivity contribution < 1.29 is 19.4 Å². The van der Waals surface area contributed by atoms with E-state index in [0.717, 1.165) is 5.56 Å². The smallest absolute Gasteiger partial charge is 0.336 e. The number of rotatable bonds is 5. The zero-order valence-corrected chi connectivity index (χ0v) is 14.5. The molecule has 0 radical (unpaired) electrons. The molecule has 0 atom stereocenters. The zero-order chi connectivity index (χ0) is 16.3. The Labute approximate surface area is 145 Å². The Morgan fingerprint density at radius 2 is 1.91 bits per heavy atom. The Morgan fingerprint density at radius 3 is 2.50 bits per heavy atom. The van der Waals surface area contributed by atoms with Crippen LogP contribution < -0.4 is 9.47 Å². The third-order valence-electron chi connectivity index (χ3n) is 2.86. The summed E-state index contributed by atoms with van der Waals surface area (Å²) < 4.78 is 11.2. The molecule has 0 fully saturated rings. The lowest BCUT2D eigenvalue weighted by atomic mass is 10.2. The van der Waals surface area contributed by atoms with Crippen LogP contribution in [0.25, 0.3) is 0 Å². The van der Waals surface area contributed by atoms with Crippen LogP contribution >= 0.6 is 39.1 Å². The summed E-state index contributed by atoms with van der Waals surface area (Å²) in [7, 11) is 1.45. The molecule has 0 saturated carbocycles. The summed E-state index contributed by atoms with van der Waals surface area (Å²) >= 11 is 15.0. The number of aromatic carboxylic acids is 1. The monoisotopic (exact) mass is 404 g/mol. The molecule has 0 unspecified atom stereocenters. The number of methoxy groups -OCH3 is 1. The van der Waals surface area contributed by atoms with Gasteiger partial charge in [0.05, 0.1) is 22.7 Å². The lowest BCUT2D eigenvalue weighted by Gasteiger charge is -2.13. The van der Waals surface area contributed by atoms with E-state index in [1.807, 2.05) is 0 Å². The molecule has 0 aliphatic heterocycles. The lowest BCUT2D eigenvalue weighted by Crippen LogP contribution is -2.02. The minimum absolute atomic E-state index is 0.0961. The average Bonchev–Trinajstić information content (AvgIpc) is 2.48. The van der Waals surface area contributed by atoms with Crippen LogP contribution in [0.4, 0.5) is 0 Å². The van der Waals surface area contributed by atoms with Crippen LogP contribution in [-0.2, 0) is 6.61 Å². The number of carbonyl (C=O) groups is 1. The normalized spacial score (nSPS) is 10.4. The molecule has 0 heterocycles. The van der Waals surface area contributed by atoms with Gasteiger partial charge in [0.2, 0.25) is 0 Å². The van der Waals surface area contributed by atoms with Crippen LogP contribution in [0.3, 0.4) is 0 Å². The molecule has 4 nitrogen and oxygen atoms in total. The minimum Gasteiger partial charge on any atom is -0.493 e. The standard InChI is InChI=1S/C15H11BrCl2O4/c1-21-13-5-9(15(19)20)10(16)6-14(13)22-7-8-2-3-11(17)12(18)4-8/h2-6H,7H2,1H3,(H,19,20). The Bertz CT molecular complexity index is 719. The van der Waals surface area contributed by atoms with Crippen molar-refractivity contribution in [2.24, 2.45) is 0 Å². The maximum atomic E-state index is 11.1. The highest BCUT2D eigenvalue weighted by Crippen LogP contribution is 2.34. The number of benzene rings is 2. The van der Waals surface area contributed by atoms with Crippen molar-refractivity contribution in [3.8, 4) is 11.5 Å². The second kappa shape index (κ2) is 7.22. The first-order chi connectivity index (χ1) is 10.4. The van der Waals surface area contributed by atoms with Crippen LogP contribution in [0.1, 0.15) is 15.9 Å². The van der Waals surface area contributed by atoms with E-state index in [0.29, 0.717) is 26.0 Å². The Kier molecular flexibility index (Phi) is 5.56. The van der Waals surface area contributed by atoms with Crippen molar-refractivity contribution in [2.75, 3.05) is 7.11 Å². The molecular formula is C15H11BrCl2O4. The summed E-state index contributed by atoms with van der Waals surface area (Å²) in [6.07, 6.45) is 0. The van der Waals surface area contributed by atoms with Gasteiger partial charge in [-0.25, -0.2) is 4.79 Å². The molecule has 0 aromatic heterocycles. The van der Waals surface area contributed by atoms with E-state index in [4.69, 9.17) is 37.8 Å². The number of ether oxygens (including phenoxy) is 2. The lowest BCUT2D eigenvalue weighted by molar-refractivity contribution is 0.0695. The predicted molar refractivity (Wildman–Crippen MR) is 88.4 cm³/mol. The highest BCUT2D eigenvalue weighted by atomic mass is 79.9. The van der Waals surface area contributed by atoms with Gasteiger partial charge in [-0.3, -0.25) is 0 Å². The molecule has 0 spiro atoms. The summed E-state index contributed by atoms with van der Waals surface area (Å²) in [6, 6.07) is 8.14. The van der Waals surface area contributed by atoms with Crippen molar-refractivity contribution >= 4 is 45.1 Å². The first-order valence-corrected chi connectivity index (χ1v) is 7.65. The highest BCUT2D eigenvalue weighted by molar-refractivity contribution is 9.10. The van der Waals surface area contributed by atoms with Crippen LogP contribution in [-0.4, -0.2) is 18.2 Å². The molecule has 1 N–H and O–H groups in total. The van der Waals surface area contributed by atoms with Crippen LogP contribution in [0, 0.1) is 0 Å². The van der Waals surface area contributed by atoms with Crippen molar-refractivity contribution in [3.63, 3.8) is 0 Å². The second-order valence-electron chi connectivity index (χ2n) is 4.33. The van der Waals surface area contributed by atoms with Crippen molar-refractivity contribution in [1.29, 1.82) is 0 Å². The summed E-state index contributed by atoms with van der Waals surface area (Å²) in [6.45, 7) is 0.242. The Hall–Kier alpha value is -1.43. The van der Waals surface area contributed by atoms with Gasteiger partial charge in [-0.2, -0.15) is 0 Å². The Balaban J connectivity index is 2.23. The molecule has 22 heavy (non-hydrogen) atoms. The van der Waals surface area contributed by atoms with Crippen molar-refractivity contribution in [3.05, 3.63) is 56.0 Å². The summed E-state index contributed by atoms with van der Waals surface area (Å²) in [5.41, 5.74) is 0.925. The zero-order valence-electron chi connectivity index (χ0n) is 11.4. The summed E-state index contributed by atoms with van der Waals surface area (Å²) in [5.74, 6) is -0.299. The summed E-state index contributed by atoms with van der Waals surface area (Å²) in [5, 5.41) is 10.00. The quantitative estimate of drug-likeness (QED) is 0.756. The molecule has 0 amide bonds. The third-order valence-corrected chi connectivity index (χ3v) is 4.26. The largest absolute Gasteiger partial charge is 0.493 e. The van der Waals surface area contributed by atoms with Crippen LogP contribution in [0.15, 0.2) is 34.8 Å². The molecular weight excluding hydrogens is 395 g/mol. The Morgan fingerprint density at radius 1 is 1.18 bits per heavy atom.